The van der Waals surface area contributed by atoms with Crippen LogP contribution in [0.3, 0.4) is 0 Å². The molecule has 15 heavy (non-hydrogen) atoms. The highest BCUT2D eigenvalue weighted by Gasteiger charge is 2.00. The number of amides is 2. The second-order valence-electron chi connectivity index (χ2n) is 2.73. The van der Waals surface area contributed by atoms with E-state index in [1.165, 1.54) is 0 Å². The highest BCUT2D eigenvalue weighted by Crippen LogP contribution is 2.09. The average Bonchev–Trinajstić information content (AvgIpc) is 2.24. The standard InChI is InChI=1S/C9H11N5O/c10-6-8-7(2-1-3-12-8)13-4-5-14-9(11)15/h1-3,13H,4-5H2,(H3,11,14,15). The Balaban J connectivity index is 2.44. The van der Waals surface area contributed by atoms with E-state index in [1.807, 2.05) is 6.07 Å². The molecule has 0 atom stereocenters. The van der Waals surface area contributed by atoms with E-state index in [9.17, 15) is 4.79 Å². The maximum Gasteiger partial charge on any atom is 0.312 e. The van der Waals surface area contributed by atoms with Crippen LogP contribution in [-0.4, -0.2) is 24.1 Å². The van der Waals surface area contributed by atoms with Crippen LogP contribution < -0.4 is 16.4 Å². The summed E-state index contributed by atoms with van der Waals surface area (Å²) in [5.41, 5.74) is 5.86. The van der Waals surface area contributed by atoms with Gasteiger partial charge in [0.05, 0.1) is 5.69 Å². The van der Waals surface area contributed by atoms with Crippen molar-refractivity contribution in [2.75, 3.05) is 18.4 Å². The van der Waals surface area contributed by atoms with Crippen LogP contribution >= 0.6 is 0 Å². The van der Waals surface area contributed by atoms with E-state index < -0.39 is 6.03 Å². The number of hydrogen-bond acceptors (Lipinski definition) is 4. The Morgan fingerprint density at radius 3 is 3.07 bits per heavy atom. The van der Waals surface area contributed by atoms with Crippen LogP contribution in [-0.2, 0) is 0 Å². The van der Waals surface area contributed by atoms with Gasteiger partial charge in [-0.25, -0.2) is 9.78 Å². The lowest BCUT2D eigenvalue weighted by Gasteiger charge is -2.06. The number of nitriles is 1. The second kappa shape index (κ2) is 5.44. The molecule has 0 aliphatic heterocycles. The zero-order valence-electron chi connectivity index (χ0n) is 8.03. The van der Waals surface area contributed by atoms with Crippen molar-refractivity contribution < 1.29 is 4.79 Å². The highest BCUT2D eigenvalue weighted by atomic mass is 16.2. The number of nitrogens with zero attached hydrogens (tertiary/aromatic N) is 2. The van der Waals surface area contributed by atoms with Crippen molar-refractivity contribution in [2.24, 2.45) is 5.73 Å². The molecule has 78 valence electrons. The summed E-state index contributed by atoms with van der Waals surface area (Å²) in [5.74, 6) is 0. The topological polar surface area (TPSA) is 104 Å². The quantitative estimate of drug-likeness (QED) is 0.603. The lowest BCUT2D eigenvalue weighted by Crippen LogP contribution is -2.33. The first-order valence-electron chi connectivity index (χ1n) is 4.36. The lowest BCUT2D eigenvalue weighted by atomic mass is 10.3. The molecule has 0 fully saturated rings. The zero-order chi connectivity index (χ0) is 11.1. The molecule has 0 aliphatic rings. The number of primary amides is 1. The first-order chi connectivity index (χ1) is 7.24. The Labute approximate surface area is 87.1 Å². The first kappa shape index (κ1) is 10.8. The van der Waals surface area contributed by atoms with Gasteiger partial charge in [-0.2, -0.15) is 5.26 Å². The van der Waals surface area contributed by atoms with Crippen LogP contribution in [0.15, 0.2) is 18.3 Å². The minimum atomic E-state index is -0.566. The number of anilines is 1. The van der Waals surface area contributed by atoms with Crippen molar-refractivity contribution in [3.05, 3.63) is 24.0 Å². The molecule has 1 heterocycles. The summed E-state index contributed by atoms with van der Waals surface area (Å²) in [6.45, 7) is 0.887. The van der Waals surface area contributed by atoms with Crippen LogP contribution in [0.5, 0.6) is 0 Å². The van der Waals surface area contributed by atoms with Crippen LogP contribution in [0.2, 0.25) is 0 Å². The average molecular weight is 205 g/mol. The molecule has 0 aromatic carbocycles. The molecule has 0 aliphatic carbocycles. The minimum absolute atomic E-state index is 0.330. The number of pyridine rings is 1. The monoisotopic (exact) mass is 205 g/mol. The second-order valence-corrected chi connectivity index (χ2v) is 2.73. The molecule has 6 heteroatoms. The number of hydrogen-bond donors (Lipinski definition) is 3. The van der Waals surface area contributed by atoms with E-state index in [0.717, 1.165) is 0 Å². The Hall–Kier alpha value is -2.29. The van der Waals surface area contributed by atoms with Crippen LogP contribution in [0.25, 0.3) is 0 Å². The van der Waals surface area contributed by atoms with E-state index >= 15 is 0 Å². The number of rotatable bonds is 4. The number of aromatic nitrogens is 1. The van der Waals surface area contributed by atoms with Gasteiger partial charge in [0.2, 0.25) is 0 Å². The molecule has 2 amide bonds. The number of nitrogens with two attached hydrogens (primary N) is 1. The normalized spacial score (nSPS) is 9.00. The molecule has 1 aromatic heterocycles. The van der Waals surface area contributed by atoms with Gasteiger partial charge in [0.25, 0.3) is 0 Å². The van der Waals surface area contributed by atoms with Crippen molar-refractivity contribution in [3.63, 3.8) is 0 Å². The zero-order valence-corrected chi connectivity index (χ0v) is 8.03. The largest absolute Gasteiger partial charge is 0.381 e. The molecule has 4 N–H and O–H groups in total. The fraction of sp³-hybridized carbons (Fsp3) is 0.222. The van der Waals surface area contributed by atoms with E-state index in [2.05, 4.69) is 15.6 Å². The lowest BCUT2D eigenvalue weighted by molar-refractivity contribution is 0.249. The number of carbonyl (C=O) groups is 1. The summed E-state index contributed by atoms with van der Waals surface area (Å²) in [5, 5.41) is 14.1. The molecule has 1 rings (SSSR count). The van der Waals surface area contributed by atoms with Gasteiger partial charge in [-0.3, -0.25) is 0 Å². The van der Waals surface area contributed by atoms with E-state index in [0.29, 0.717) is 24.5 Å². The Kier molecular flexibility index (Phi) is 3.91. The summed E-state index contributed by atoms with van der Waals surface area (Å²) in [6.07, 6.45) is 1.55. The minimum Gasteiger partial charge on any atom is -0.381 e. The number of carbonyl (C=O) groups excluding carboxylic acids is 1. The summed E-state index contributed by atoms with van der Waals surface area (Å²) in [6, 6.07) is 4.87. The molecule has 0 radical (unpaired) electrons. The van der Waals surface area contributed by atoms with Crippen molar-refractivity contribution in [1.29, 1.82) is 5.26 Å². The fourth-order valence-electron chi connectivity index (χ4n) is 1.02. The molecule has 0 saturated heterocycles. The van der Waals surface area contributed by atoms with Gasteiger partial charge < -0.3 is 16.4 Å². The summed E-state index contributed by atoms with van der Waals surface area (Å²) < 4.78 is 0. The molecule has 6 nitrogen and oxygen atoms in total. The van der Waals surface area contributed by atoms with Crippen molar-refractivity contribution in [1.82, 2.24) is 10.3 Å². The van der Waals surface area contributed by atoms with Crippen LogP contribution in [0.4, 0.5) is 10.5 Å². The molecular weight excluding hydrogens is 194 g/mol. The Bertz CT molecular complexity index is 384. The molecule has 1 aromatic rings. The predicted octanol–water partition coefficient (Wildman–Crippen LogP) is 0.0335. The Morgan fingerprint density at radius 1 is 1.60 bits per heavy atom. The third-order valence-electron chi connectivity index (χ3n) is 1.65. The molecule has 0 spiro atoms. The summed E-state index contributed by atoms with van der Waals surface area (Å²) in [7, 11) is 0. The van der Waals surface area contributed by atoms with Gasteiger partial charge in [0.15, 0.2) is 5.69 Å². The van der Waals surface area contributed by atoms with Gasteiger partial charge in [0, 0.05) is 19.3 Å². The third kappa shape index (κ3) is 3.52. The van der Waals surface area contributed by atoms with Crippen molar-refractivity contribution in [3.8, 4) is 6.07 Å². The van der Waals surface area contributed by atoms with Gasteiger partial charge in [-0.05, 0) is 12.1 Å². The SMILES string of the molecule is N#Cc1ncccc1NCCNC(N)=O. The van der Waals surface area contributed by atoms with Gasteiger partial charge in [-0.1, -0.05) is 0 Å². The predicted molar refractivity (Wildman–Crippen MR) is 55.0 cm³/mol. The first-order valence-corrected chi connectivity index (χ1v) is 4.36. The maximum absolute atomic E-state index is 10.4. The Morgan fingerprint density at radius 2 is 2.40 bits per heavy atom. The summed E-state index contributed by atoms with van der Waals surface area (Å²) in [4.78, 5) is 14.2. The summed E-state index contributed by atoms with van der Waals surface area (Å²) >= 11 is 0. The maximum atomic E-state index is 10.4. The van der Waals surface area contributed by atoms with Gasteiger partial charge in [-0.15, -0.1) is 0 Å². The van der Waals surface area contributed by atoms with Crippen molar-refractivity contribution >= 4 is 11.7 Å². The molecular formula is C9H11N5O. The van der Waals surface area contributed by atoms with E-state index in [1.54, 1.807) is 18.3 Å². The van der Waals surface area contributed by atoms with Crippen molar-refractivity contribution in [2.45, 2.75) is 0 Å². The van der Waals surface area contributed by atoms with Crippen LogP contribution in [0.1, 0.15) is 5.69 Å². The smallest absolute Gasteiger partial charge is 0.312 e. The van der Waals surface area contributed by atoms with E-state index in [-0.39, 0.29) is 0 Å². The van der Waals surface area contributed by atoms with Gasteiger partial charge >= 0.3 is 6.03 Å². The molecule has 0 saturated carbocycles. The molecule has 0 bridgehead atoms. The van der Waals surface area contributed by atoms with Crippen LogP contribution in [0, 0.1) is 11.3 Å². The molecule has 0 unspecified atom stereocenters. The van der Waals surface area contributed by atoms with Gasteiger partial charge in [0.1, 0.15) is 6.07 Å². The highest BCUT2D eigenvalue weighted by molar-refractivity contribution is 5.71. The van der Waals surface area contributed by atoms with E-state index in [4.69, 9.17) is 11.0 Å². The number of nitrogens with one attached hydrogen (secondary N) is 2. The number of urea groups is 1. The third-order valence-corrected chi connectivity index (χ3v) is 1.65. The fourth-order valence-corrected chi connectivity index (χ4v) is 1.02.